The number of fused-ring (bicyclic) bond motifs is 1. The Bertz CT molecular complexity index is 1130. The molecule has 34 heavy (non-hydrogen) atoms. The smallest absolute Gasteiger partial charge is 0.194 e. The SMILES string of the molecule is O=C(c1ccc(OCCN2CCCCC2)cc1)c1c(C2CCC(O)CC2)sc2cc(O)ccc12. The molecule has 0 amide bonds. The maximum absolute atomic E-state index is 13.7. The van der Waals surface area contributed by atoms with E-state index in [-0.39, 0.29) is 23.6 Å². The van der Waals surface area contributed by atoms with E-state index in [4.69, 9.17) is 4.74 Å². The van der Waals surface area contributed by atoms with Crippen LogP contribution >= 0.6 is 11.3 Å². The second-order valence-corrected chi connectivity index (χ2v) is 10.7. The summed E-state index contributed by atoms with van der Waals surface area (Å²) in [5, 5.41) is 20.8. The van der Waals surface area contributed by atoms with Crippen LogP contribution in [0.1, 0.15) is 71.7 Å². The van der Waals surface area contributed by atoms with Gasteiger partial charge < -0.3 is 14.9 Å². The summed E-state index contributed by atoms with van der Waals surface area (Å²) in [4.78, 5) is 17.2. The molecule has 180 valence electrons. The second kappa shape index (κ2) is 10.5. The first-order valence-corrected chi connectivity index (χ1v) is 13.3. The molecule has 1 saturated carbocycles. The Kier molecular flexibility index (Phi) is 7.18. The minimum Gasteiger partial charge on any atom is -0.508 e. The summed E-state index contributed by atoms with van der Waals surface area (Å²) in [6.07, 6.45) is 6.93. The van der Waals surface area contributed by atoms with Crippen molar-refractivity contribution in [2.24, 2.45) is 0 Å². The van der Waals surface area contributed by atoms with E-state index in [1.54, 1.807) is 23.5 Å². The van der Waals surface area contributed by atoms with Crippen LogP contribution in [-0.2, 0) is 0 Å². The highest BCUT2D eigenvalue weighted by molar-refractivity contribution is 7.19. The molecule has 1 aromatic heterocycles. The molecule has 2 aliphatic rings. The summed E-state index contributed by atoms with van der Waals surface area (Å²) in [5.74, 6) is 1.27. The Morgan fingerprint density at radius 1 is 1.00 bits per heavy atom. The molecular formula is C28H33NO4S. The lowest BCUT2D eigenvalue weighted by molar-refractivity contribution is 0.103. The van der Waals surface area contributed by atoms with Gasteiger partial charge in [0.05, 0.1) is 6.10 Å². The first-order valence-electron chi connectivity index (χ1n) is 12.5. The number of aliphatic hydroxyl groups excluding tert-OH is 1. The van der Waals surface area contributed by atoms with Crippen LogP contribution in [0.4, 0.5) is 0 Å². The predicted molar refractivity (Wildman–Crippen MR) is 136 cm³/mol. The Hall–Kier alpha value is -2.41. The minimum atomic E-state index is -0.240. The third-order valence-electron chi connectivity index (χ3n) is 7.24. The van der Waals surface area contributed by atoms with Gasteiger partial charge in [0.1, 0.15) is 18.1 Å². The Morgan fingerprint density at radius 3 is 2.47 bits per heavy atom. The second-order valence-electron chi connectivity index (χ2n) is 9.63. The van der Waals surface area contributed by atoms with Crippen molar-refractivity contribution in [3.8, 4) is 11.5 Å². The fourth-order valence-corrected chi connectivity index (χ4v) is 6.69. The number of aromatic hydroxyl groups is 1. The van der Waals surface area contributed by atoms with E-state index in [0.717, 1.165) is 71.6 Å². The number of piperidine rings is 1. The van der Waals surface area contributed by atoms with Crippen LogP contribution in [0.2, 0.25) is 0 Å². The molecule has 0 radical (unpaired) electrons. The van der Waals surface area contributed by atoms with Gasteiger partial charge in [0.15, 0.2) is 5.78 Å². The van der Waals surface area contributed by atoms with E-state index >= 15 is 0 Å². The predicted octanol–water partition coefficient (Wildman–Crippen LogP) is 5.72. The number of ether oxygens (including phenoxy) is 1. The van der Waals surface area contributed by atoms with E-state index in [1.165, 1.54) is 19.3 Å². The summed E-state index contributed by atoms with van der Waals surface area (Å²) >= 11 is 1.60. The van der Waals surface area contributed by atoms with E-state index in [1.807, 2.05) is 30.3 Å². The van der Waals surface area contributed by atoms with Crippen molar-refractivity contribution in [1.82, 2.24) is 4.90 Å². The van der Waals surface area contributed by atoms with Crippen LogP contribution in [-0.4, -0.2) is 53.2 Å². The molecule has 2 N–H and O–H groups in total. The molecule has 0 unspecified atom stereocenters. The standard InChI is InChI=1S/C28H33NO4S/c30-21-8-4-20(5-9-21)28-26(24-13-10-22(31)18-25(24)34-28)27(32)19-6-11-23(12-7-19)33-17-16-29-14-2-1-3-15-29/h6-7,10-13,18,20-21,30-31H,1-5,8-9,14-17H2. The molecule has 1 aliphatic heterocycles. The van der Waals surface area contributed by atoms with Crippen LogP contribution in [0, 0.1) is 0 Å². The molecule has 2 heterocycles. The van der Waals surface area contributed by atoms with Gasteiger partial charge in [0.2, 0.25) is 0 Å². The van der Waals surface area contributed by atoms with Gasteiger partial charge in [-0.2, -0.15) is 0 Å². The molecule has 3 aromatic rings. The van der Waals surface area contributed by atoms with Crippen molar-refractivity contribution >= 4 is 27.2 Å². The third kappa shape index (κ3) is 5.14. The van der Waals surface area contributed by atoms with Crippen LogP contribution in [0.25, 0.3) is 10.1 Å². The first-order chi connectivity index (χ1) is 16.6. The van der Waals surface area contributed by atoms with Crippen molar-refractivity contribution in [2.75, 3.05) is 26.2 Å². The molecular weight excluding hydrogens is 446 g/mol. The summed E-state index contributed by atoms with van der Waals surface area (Å²) in [6.45, 7) is 3.91. The molecule has 0 spiro atoms. The van der Waals surface area contributed by atoms with Crippen LogP contribution < -0.4 is 4.74 Å². The number of carbonyl (C=O) groups excluding carboxylic acids is 1. The zero-order valence-electron chi connectivity index (χ0n) is 19.5. The van der Waals surface area contributed by atoms with Gasteiger partial charge in [-0.3, -0.25) is 9.69 Å². The highest BCUT2D eigenvalue weighted by Gasteiger charge is 2.29. The summed E-state index contributed by atoms with van der Waals surface area (Å²) in [6, 6.07) is 12.7. The zero-order valence-corrected chi connectivity index (χ0v) is 20.4. The number of aliphatic hydroxyl groups is 1. The Labute approximate surface area is 205 Å². The average molecular weight is 480 g/mol. The number of phenols is 1. The highest BCUT2D eigenvalue weighted by Crippen LogP contribution is 2.44. The molecule has 0 atom stereocenters. The lowest BCUT2D eigenvalue weighted by Gasteiger charge is -2.26. The van der Waals surface area contributed by atoms with Gasteiger partial charge in [0, 0.05) is 32.6 Å². The molecule has 1 saturated heterocycles. The molecule has 1 aliphatic carbocycles. The number of benzene rings is 2. The molecule has 5 rings (SSSR count). The number of thiophene rings is 1. The van der Waals surface area contributed by atoms with Crippen molar-refractivity contribution in [2.45, 2.75) is 57.0 Å². The normalized spacial score (nSPS) is 21.6. The van der Waals surface area contributed by atoms with Crippen molar-refractivity contribution in [3.63, 3.8) is 0 Å². The van der Waals surface area contributed by atoms with Crippen molar-refractivity contribution in [3.05, 3.63) is 58.5 Å². The lowest BCUT2D eigenvalue weighted by Crippen LogP contribution is -2.33. The average Bonchev–Trinajstić information content (AvgIpc) is 3.23. The third-order valence-corrected chi connectivity index (χ3v) is 8.55. The Balaban J connectivity index is 1.34. The van der Waals surface area contributed by atoms with Crippen LogP contribution in [0.3, 0.4) is 0 Å². The number of carbonyl (C=O) groups is 1. The number of ketones is 1. The molecule has 6 heteroatoms. The van der Waals surface area contributed by atoms with E-state index in [0.29, 0.717) is 12.2 Å². The number of phenolic OH excluding ortho intramolecular Hbond substituents is 1. The maximum Gasteiger partial charge on any atom is 0.194 e. The van der Waals surface area contributed by atoms with Gasteiger partial charge in [-0.05, 0) is 100.0 Å². The largest absolute Gasteiger partial charge is 0.508 e. The zero-order chi connectivity index (χ0) is 23.5. The first kappa shape index (κ1) is 23.3. The number of rotatable bonds is 7. The fraction of sp³-hybridized carbons (Fsp3) is 0.464. The van der Waals surface area contributed by atoms with E-state index in [2.05, 4.69) is 4.90 Å². The van der Waals surface area contributed by atoms with Crippen molar-refractivity contribution in [1.29, 1.82) is 0 Å². The maximum atomic E-state index is 13.7. The van der Waals surface area contributed by atoms with Gasteiger partial charge in [-0.25, -0.2) is 0 Å². The minimum absolute atomic E-state index is 0.0120. The molecule has 2 aromatic carbocycles. The van der Waals surface area contributed by atoms with Gasteiger partial charge in [-0.15, -0.1) is 11.3 Å². The summed E-state index contributed by atoms with van der Waals surface area (Å²) in [7, 11) is 0. The topological polar surface area (TPSA) is 70.0 Å². The van der Waals surface area contributed by atoms with Crippen LogP contribution in [0.15, 0.2) is 42.5 Å². The number of likely N-dealkylation sites (tertiary alicyclic amines) is 1. The fourth-order valence-electron chi connectivity index (χ4n) is 5.29. The number of nitrogens with zero attached hydrogens (tertiary/aromatic N) is 1. The summed E-state index contributed by atoms with van der Waals surface area (Å²) < 4.78 is 6.88. The quantitative estimate of drug-likeness (QED) is 0.424. The lowest BCUT2D eigenvalue weighted by atomic mass is 9.84. The molecule has 0 bridgehead atoms. The van der Waals surface area contributed by atoms with Gasteiger partial charge in [0.25, 0.3) is 0 Å². The van der Waals surface area contributed by atoms with Gasteiger partial charge >= 0.3 is 0 Å². The number of hydrogen-bond donors (Lipinski definition) is 2. The number of hydrogen-bond acceptors (Lipinski definition) is 6. The van der Waals surface area contributed by atoms with E-state index in [9.17, 15) is 15.0 Å². The monoisotopic (exact) mass is 479 g/mol. The van der Waals surface area contributed by atoms with Crippen LogP contribution in [0.5, 0.6) is 11.5 Å². The van der Waals surface area contributed by atoms with E-state index < -0.39 is 0 Å². The molecule has 5 nitrogen and oxygen atoms in total. The molecule has 2 fully saturated rings. The Morgan fingerprint density at radius 2 is 1.74 bits per heavy atom. The van der Waals surface area contributed by atoms with Gasteiger partial charge in [-0.1, -0.05) is 6.42 Å². The van der Waals surface area contributed by atoms with Crippen molar-refractivity contribution < 1.29 is 19.7 Å². The summed E-state index contributed by atoms with van der Waals surface area (Å²) in [5.41, 5.74) is 1.40. The highest BCUT2D eigenvalue weighted by atomic mass is 32.1.